The van der Waals surface area contributed by atoms with Gasteiger partial charge in [0.05, 0.1) is 0 Å². The monoisotopic (exact) mass is 426 g/mol. The summed E-state index contributed by atoms with van der Waals surface area (Å²) in [6, 6.07) is 4.80. The molecule has 1 nitrogen and oxygen atoms in total. The van der Waals surface area contributed by atoms with E-state index in [1.54, 1.807) is 3.88 Å². The summed E-state index contributed by atoms with van der Waals surface area (Å²) in [5.74, 6) is 0. The third-order valence-electron chi connectivity index (χ3n) is 4.69. The number of allylic oxidation sites excluding steroid dienone is 6. The number of rotatable bonds is 4. The molecule has 0 saturated carbocycles. The first-order valence-electron chi connectivity index (χ1n) is 10.3. The first-order chi connectivity index (χ1) is 13.2. The molecule has 0 fully saturated rings. The van der Waals surface area contributed by atoms with Crippen LogP contribution >= 0.6 is 0 Å². The minimum absolute atomic E-state index is 0.215. The molecule has 0 aromatic heterocycles. The number of nitrogens with one attached hydrogen (secondary N) is 1. The van der Waals surface area contributed by atoms with E-state index in [0.717, 1.165) is 0 Å². The minimum atomic E-state index is -1.43. The summed E-state index contributed by atoms with van der Waals surface area (Å²) >= 11 is -1.43. The van der Waals surface area contributed by atoms with Gasteiger partial charge in [-0.2, -0.15) is 0 Å². The fraction of sp³-hybridized carbons (Fsp3) is 0.360. The maximum atomic E-state index is 4.06. The van der Waals surface area contributed by atoms with Crippen LogP contribution in [0, 0.1) is 0 Å². The Bertz CT molecular complexity index is 930. The van der Waals surface area contributed by atoms with Crippen molar-refractivity contribution in [2.45, 2.75) is 60.2 Å². The predicted octanol–water partition coefficient (Wildman–Crippen LogP) is 5.06. The first-order valence-corrected chi connectivity index (χ1v) is 17.5. The zero-order valence-corrected chi connectivity index (χ0v) is 21.6. The van der Waals surface area contributed by atoms with Crippen LogP contribution < -0.4 is 14.2 Å². The molecule has 0 unspecified atom stereocenters. The molecule has 3 heteroatoms. The second-order valence-electron chi connectivity index (χ2n) is 8.79. The average molecular weight is 427 g/mol. The van der Waals surface area contributed by atoms with E-state index in [1.807, 2.05) is 38.2 Å². The van der Waals surface area contributed by atoms with Crippen molar-refractivity contribution in [3.05, 3.63) is 69.7 Å². The van der Waals surface area contributed by atoms with Crippen LogP contribution in [-0.4, -0.2) is 12.2 Å². The van der Waals surface area contributed by atoms with Crippen LogP contribution in [0.2, 0.25) is 13.1 Å². The number of hydrogen-bond acceptors (Lipinski definition) is 1. The average Bonchev–Trinajstić information content (AvgIpc) is 3.18. The fourth-order valence-corrected chi connectivity index (χ4v) is 14.8. The molecule has 1 N–H and O–H groups in total. The van der Waals surface area contributed by atoms with Crippen LogP contribution in [0.5, 0.6) is 0 Å². The van der Waals surface area contributed by atoms with Gasteiger partial charge in [-0.25, -0.2) is 0 Å². The summed E-state index contributed by atoms with van der Waals surface area (Å²) in [5.41, 5.74) is 4.54. The van der Waals surface area contributed by atoms with Crippen molar-refractivity contribution >= 4 is 28.8 Å². The summed E-state index contributed by atoms with van der Waals surface area (Å²) in [4.78, 5) is 0. The van der Waals surface area contributed by atoms with Crippen LogP contribution in [0.15, 0.2) is 48.1 Å². The Morgan fingerprint density at radius 2 is 1.64 bits per heavy atom. The topological polar surface area (TPSA) is 12.0 Å². The van der Waals surface area contributed by atoms with Gasteiger partial charge in [0.25, 0.3) is 0 Å². The molecule has 0 atom stereocenters. The van der Waals surface area contributed by atoms with Gasteiger partial charge in [-0.15, -0.1) is 0 Å². The first kappa shape index (κ1) is 23.1. The molecule has 0 saturated heterocycles. The predicted molar refractivity (Wildman–Crippen MR) is 128 cm³/mol. The Balaban J connectivity index is 0.000000409. The molecule has 2 aliphatic carbocycles. The third kappa shape index (κ3) is 5.90. The maximum absolute atomic E-state index is 4.06. The van der Waals surface area contributed by atoms with Gasteiger partial charge < -0.3 is 0 Å². The number of hydrogen-bond donors (Lipinski definition) is 1. The van der Waals surface area contributed by atoms with Crippen molar-refractivity contribution in [1.29, 1.82) is 0 Å². The molecule has 0 spiro atoms. The van der Waals surface area contributed by atoms with Gasteiger partial charge in [-0.05, 0) is 13.8 Å². The van der Waals surface area contributed by atoms with Crippen LogP contribution in [0.1, 0.15) is 52.7 Å². The van der Waals surface area contributed by atoms with Gasteiger partial charge in [0.15, 0.2) is 0 Å². The Kier molecular flexibility index (Phi) is 8.27. The van der Waals surface area contributed by atoms with E-state index in [0.29, 0.717) is 0 Å². The quantitative estimate of drug-likeness (QED) is 0.524. The van der Waals surface area contributed by atoms with Gasteiger partial charge in [0.1, 0.15) is 0 Å². The fourth-order valence-electron chi connectivity index (χ4n) is 3.53. The van der Waals surface area contributed by atoms with E-state index >= 15 is 0 Å². The Morgan fingerprint density at radius 1 is 1.00 bits per heavy atom. The summed E-state index contributed by atoms with van der Waals surface area (Å²) in [5, 5.41) is 2.89. The molecule has 3 rings (SSSR count). The molecule has 1 aromatic carbocycles. The van der Waals surface area contributed by atoms with Crippen molar-refractivity contribution in [3.8, 4) is 0 Å². The molecule has 2 aliphatic rings. The molecule has 0 bridgehead atoms. The molecule has 0 radical (unpaired) electrons. The van der Waals surface area contributed by atoms with Gasteiger partial charge in [-0.3, -0.25) is 0 Å². The zero-order valence-electron chi connectivity index (χ0n) is 18.9. The van der Waals surface area contributed by atoms with Crippen LogP contribution in [0.3, 0.4) is 0 Å². The van der Waals surface area contributed by atoms with Crippen molar-refractivity contribution in [2.24, 2.45) is 0 Å². The summed E-state index contributed by atoms with van der Waals surface area (Å²) in [6.45, 7) is 17.6. The molecule has 149 valence electrons. The Labute approximate surface area is 179 Å². The second kappa shape index (κ2) is 10.0. The normalized spacial score (nSPS) is 14.9. The molecular formula is C25H36NSiTi. The Hall–Kier alpha value is -1.19. The van der Waals surface area contributed by atoms with Crippen LogP contribution in [0.25, 0.3) is 22.1 Å². The van der Waals surface area contributed by atoms with Crippen molar-refractivity contribution < 1.29 is 17.4 Å². The van der Waals surface area contributed by atoms with E-state index < -0.39 is 24.0 Å². The van der Waals surface area contributed by atoms with Gasteiger partial charge in [0.2, 0.25) is 0 Å². The van der Waals surface area contributed by atoms with E-state index in [1.165, 1.54) is 27.1 Å². The third-order valence-corrected chi connectivity index (χ3v) is 16.5. The SMILES string of the molecule is C/C=C/C=C/C.CC1=Cc2cc3c(cc2=[C]1[Ti]([NH]C(C)(C)C)[SiH](C)C)C=CC=3. The van der Waals surface area contributed by atoms with Crippen molar-refractivity contribution in [1.82, 2.24) is 3.80 Å². The van der Waals surface area contributed by atoms with E-state index in [2.05, 4.69) is 81.0 Å². The molecule has 0 aliphatic heterocycles. The molecule has 0 heterocycles. The summed E-state index contributed by atoms with van der Waals surface area (Å²) < 4.78 is 5.76. The second-order valence-corrected chi connectivity index (χ2v) is 21.4. The van der Waals surface area contributed by atoms with Crippen molar-refractivity contribution in [3.63, 3.8) is 0 Å². The van der Waals surface area contributed by atoms with E-state index in [9.17, 15) is 0 Å². The molecule has 0 amide bonds. The summed E-state index contributed by atoms with van der Waals surface area (Å²) in [7, 11) is 0. The molecule has 1 aromatic rings. The van der Waals surface area contributed by atoms with E-state index in [-0.39, 0.29) is 5.54 Å². The van der Waals surface area contributed by atoms with E-state index in [4.69, 9.17) is 0 Å². The van der Waals surface area contributed by atoms with Gasteiger partial charge in [0, 0.05) is 0 Å². The zero-order chi connectivity index (χ0) is 20.9. The van der Waals surface area contributed by atoms with Crippen LogP contribution in [-0.2, 0) is 17.4 Å². The standard InChI is InChI=1S/C13H9.C6H10.C4H10N.C2H7Si.Ti/c1-9-5-12-7-10-3-2-4-11(10)8-13(12)6-9;1-3-5-6-4-2;1-4(2,3)5;1-3-2;/h2-5,7-8H,1H3;3-6H,1-2H3;5H,1-3H3;3H,1-2H3;/q;;-1;;+1/b;5-3+,6-4+;;;. The molecular weight excluding hydrogens is 390 g/mol. The molecule has 28 heavy (non-hydrogen) atoms. The van der Waals surface area contributed by atoms with Crippen LogP contribution in [0.4, 0.5) is 0 Å². The number of fused-ring (bicyclic) bond motifs is 2. The Morgan fingerprint density at radius 3 is 2.18 bits per heavy atom. The summed E-state index contributed by atoms with van der Waals surface area (Å²) in [6.07, 6.45) is 17.0. The number of benzene rings is 1. The van der Waals surface area contributed by atoms with Crippen molar-refractivity contribution in [2.75, 3.05) is 0 Å². The van der Waals surface area contributed by atoms with Gasteiger partial charge in [-0.1, -0.05) is 24.3 Å². The van der Waals surface area contributed by atoms with Gasteiger partial charge >= 0.3 is 142 Å².